The van der Waals surface area contributed by atoms with Crippen molar-refractivity contribution in [2.45, 2.75) is 26.3 Å². The summed E-state index contributed by atoms with van der Waals surface area (Å²) < 4.78 is 4.40. The van der Waals surface area contributed by atoms with Gasteiger partial charge in [0, 0.05) is 12.6 Å². The molecule has 0 aromatic heterocycles. The van der Waals surface area contributed by atoms with Gasteiger partial charge in [-0.15, -0.1) is 0 Å². The van der Waals surface area contributed by atoms with Crippen molar-refractivity contribution in [2.24, 2.45) is 11.7 Å². The second kappa shape index (κ2) is 5.83. The summed E-state index contributed by atoms with van der Waals surface area (Å²) in [6.45, 7) is 4.67. The normalized spacial score (nSPS) is 12.8. The molecule has 0 rings (SSSR count). The van der Waals surface area contributed by atoms with Crippen LogP contribution in [-0.4, -0.2) is 25.8 Å². The predicted molar refractivity (Wildman–Crippen MR) is 47.8 cm³/mol. The van der Waals surface area contributed by atoms with Crippen molar-refractivity contribution >= 4 is 6.09 Å². The van der Waals surface area contributed by atoms with Crippen LogP contribution in [0.2, 0.25) is 0 Å². The number of nitrogens with two attached hydrogens (primary N) is 1. The molecule has 4 heteroatoms. The fourth-order valence-corrected chi connectivity index (χ4v) is 0.975. The van der Waals surface area contributed by atoms with Gasteiger partial charge in [-0.25, -0.2) is 4.79 Å². The lowest BCUT2D eigenvalue weighted by Crippen LogP contribution is -2.37. The maximum Gasteiger partial charge on any atom is 0.406 e. The van der Waals surface area contributed by atoms with E-state index in [4.69, 9.17) is 5.73 Å². The minimum absolute atomic E-state index is 0.0177. The minimum atomic E-state index is -0.422. The van der Waals surface area contributed by atoms with Gasteiger partial charge in [-0.05, 0) is 12.3 Å². The highest BCUT2D eigenvalue weighted by Crippen LogP contribution is 2.01. The number of carbonyl (C=O) groups is 1. The van der Waals surface area contributed by atoms with Crippen LogP contribution in [0.15, 0.2) is 0 Å². The first-order valence-electron chi connectivity index (χ1n) is 4.13. The van der Waals surface area contributed by atoms with Gasteiger partial charge in [0.1, 0.15) is 0 Å². The third-order valence-electron chi connectivity index (χ3n) is 1.47. The number of rotatable bonds is 4. The quantitative estimate of drug-likeness (QED) is 0.660. The molecule has 0 fully saturated rings. The maximum absolute atomic E-state index is 10.6. The molecule has 0 radical (unpaired) electrons. The third kappa shape index (κ3) is 5.97. The van der Waals surface area contributed by atoms with E-state index in [2.05, 4.69) is 23.9 Å². The van der Waals surface area contributed by atoms with Crippen LogP contribution in [0.25, 0.3) is 0 Å². The Morgan fingerprint density at radius 1 is 1.58 bits per heavy atom. The smallest absolute Gasteiger partial charge is 0.406 e. The van der Waals surface area contributed by atoms with Crippen molar-refractivity contribution in [3.8, 4) is 0 Å². The average molecular weight is 174 g/mol. The zero-order valence-corrected chi connectivity index (χ0v) is 7.96. The fraction of sp³-hybridized carbons (Fsp3) is 0.875. The summed E-state index contributed by atoms with van der Waals surface area (Å²) in [4.78, 5) is 10.6. The van der Waals surface area contributed by atoms with Crippen molar-refractivity contribution in [3.05, 3.63) is 0 Å². The van der Waals surface area contributed by atoms with Gasteiger partial charge in [-0.1, -0.05) is 13.8 Å². The Hall–Kier alpha value is -0.770. The molecule has 0 aromatic carbocycles. The van der Waals surface area contributed by atoms with Crippen LogP contribution in [0.1, 0.15) is 20.3 Å². The van der Waals surface area contributed by atoms with E-state index in [1.165, 1.54) is 7.11 Å². The molecule has 3 N–H and O–H groups in total. The standard InChI is InChI=1S/C8H18N2O2/c1-6(2)4-7(9)5-10-8(11)12-3/h6-7H,4-5,9H2,1-3H3,(H,10,11). The second-order valence-corrected chi connectivity index (χ2v) is 3.26. The molecule has 0 spiro atoms. The number of ether oxygens (including phenoxy) is 1. The molecular weight excluding hydrogens is 156 g/mol. The van der Waals surface area contributed by atoms with Crippen molar-refractivity contribution in [1.29, 1.82) is 0 Å². The van der Waals surface area contributed by atoms with Gasteiger partial charge < -0.3 is 15.8 Å². The molecule has 1 unspecified atom stereocenters. The molecule has 0 heterocycles. The van der Waals surface area contributed by atoms with E-state index < -0.39 is 6.09 Å². The van der Waals surface area contributed by atoms with Crippen LogP contribution in [0.3, 0.4) is 0 Å². The molecule has 0 bridgehead atoms. The molecule has 0 aliphatic rings. The van der Waals surface area contributed by atoms with Crippen molar-refractivity contribution in [1.82, 2.24) is 5.32 Å². The largest absolute Gasteiger partial charge is 0.453 e. The Labute approximate surface area is 73.5 Å². The maximum atomic E-state index is 10.6. The summed E-state index contributed by atoms with van der Waals surface area (Å²) in [6, 6.07) is 0.0177. The van der Waals surface area contributed by atoms with E-state index in [1.54, 1.807) is 0 Å². The Kier molecular flexibility index (Phi) is 5.45. The van der Waals surface area contributed by atoms with Crippen LogP contribution < -0.4 is 11.1 Å². The third-order valence-corrected chi connectivity index (χ3v) is 1.47. The van der Waals surface area contributed by atoms with Crippen molar-refractivity contribution < 1.29 is 9.53 Å². The topological polar surface area (TPSA) is 64.3 Å². The van der Waals surface area contributed by atoms with Gasteiger partial charge in [0.2, 0.25) is 0 Å². The molecule has 0 saturated carbocycles. The SMILES string of the molecule is COC(=O)NCC(N)CC(C)C. The highest BCUT2D eigenvalue weighted by Gasteiger charge is 2.06. The van der Waals surface area contributed by atoms with E-state index in [9.17, 15) is 4.79 Å². The predicted octanol–water partition coefficient (Wildman–Crippen LogP) is 0.716. The van der Waals surface area contributed by atoms with Gasteiger partial charge in [-0.3, -0.25) is 0 Å². The average Bonchev–Trinajstić information content (AvgIpc) is 1.99. The number of hydrogen-bond donors (Lipinski definition) is 2. The van der Waals surface area contributed by atoms with E-state index in [0.717, 1.165) is 6.42 Å². The Bertz CT molecular complexity index is 137. The van der Waals surface area contributed by atoms with Gasteiger partial charge in [0.15, 0.2) is 0 Å². The molecule has 1 atom stereocenters. The molecule has 0 aliphatic heterocycles. The van der Waals surface area contributed by atoms with Crippen molar-refractivity contribution in [3.63, 3.8) is 0 Å². The number of carbonyl (C=O) groups excluding carboxylic acids is 1. The van der Waals surface area contributed by atoms with Crippen LogP contribution in [0, 0.1) is 5.92 Å². The Morgan fingerprint density at radius 3 is 2.58 bits per heavy atom. The van der Waals surface area contributed by atoms with Crippen LogP contribution in [0.5, 0.6) is 0 Å². The Morgan fingerprint density at radius 2 is 2.17 bits per heavy atom. The molecule has 0 aromatic rings. The lowest BCUT2D eigenvalue weighted by atomic mass is 10.0. The first kappa shape index (κ1) is 11.2. The molecular formula is C8H18N2O2. The number of nitrogens with one attached hydrogen (secondary N) is 1. The molecule has 0 aliphatic carbocycles. The molecule has 72 valence electrons. The van der Waals surface area contributed by atoms with Crippen LogP contribution in [0.4, 0.5) is 4.79 Å². The fourth-order valence-electron chi connectivity index (χ4n) is 0.975. The van der Waals surface area contributed by atoms with Crippen LogP contribution in [-0.2, 0) is 4.74 Å². The van der Waals surface area contributed by atoms with Crippen LogP contribution >= 0.6 is 0 Å². The summed E-state index contributed by atoms with van der Waals surface area (Å²) >= 11 is 0. The summed E-state index contributed by atoms with van der Waals surface area (Å²) in [5, 5.41) is 2.55. The highest BCUT2D eigenvalue weighted by molar-refractivity contribution is 5.66. The molecule has 12 heavy (non-hydrogen) atoms. The summed E-state index contributed by atoms with van der Waals surface area (Å²) in [7, 11) is 1.34. The van der Waals surface area contributed by atoms with E-state index >= 15 is 0 Å². The van der Waals surface area contributed by atoms with Gasteiger partial charge in [-0.2, -0.15) is 0 Å². The number of methoxy groups -OCH3 is 1. The highest BCUT2D eigenvalue weighted by atomic mass is 16.5. The van der Waals surface area contributed by atoms with Crippen molar-refractivity contribution in [2.75, 3.05) is 13.7 Å². The van der Waals surface area contributed by atoms with Gasteiger partial charge >= 0.3 is 6.09 Å². The molecule has 4 nitrogen and oxygen atoms in total. The summed E-state index contributed by atoms with van der Waals surface area (Å²) in [6.07, 6.45) is 0.485. The van der Waals surface area contributed by atoms with E-state index in [-0.39, 0.29) is 6.04 Å². The van der Waals surface area contributed by atoms with E-state index in [1.807, 2.05) is 0 Å². The van der Waals surface area contributed by atoms with Gasteiger partial charge in [0.25, 0.3) is 0 Å². The Balaban J connectivity index is 3.43. The first-order valence-corrected chi connectivity index (χ1v) is 4.13. The number of alkyl carbamates (subject to hydrolysis) is 1. The monoisotopic (exact) mass is 174 g/mol. The van der Waals surface area contributed by atoms with Gasteiger partial charge in [0.05, 0.1) is 7.11 Å². The zero-order valence-electron chi connectivity index (χ0n) is 7.96. The lowest BCUT2D eigenvalue weighted by molar-refractivity contribution is 0.170. The second-order valence-electron chi connectivity index (χ2n) is 3.26. The molecule has 1 amide bonds. The summed E-state index contributed by atoms with van der Waals surface area (Å²) in [5.41, 5.74) is 5.71. The summed E-state index contributed by atoms with van der Waals surface area (Å²) in [5.74, 6) is 0.555. The molecule has 0 saturated heterocycles. The number of amides is 1. The van der Waals surface area contributed by atoms with E-state index in [0.29, 0.717) is 12.5 Å². The zero-order chi connectivity index (χ0) is 9.56. The first-order chi connectivity index (χ1) is 5.56. The number of hydrogen-bond acceptors (Lipinski definition) is 3. The minimum Gasteiger partial charge on any atom is -0.453 e. The lowest BCUT2D eigenvalue weighted by Gasteiger charge is -2.13.